The molecule has 4 nitrogen and oxygen atoms in total. The van der Waals surface area contributed by atoms with Gasteiger partial charge in [0.1, 0.15) is 5.75 Å². The van der Waals surface area contributed by atoms with Crippen molar-refractivity contribution in [2.75, 3.05) is 11.9 Å². The van der Waals surface area contributed by atoms with Crippen molar-refractivity contribution in [2.24, 2.45) is 23.2 Å². The summed E-state index contributed by atoms with van der Waals surface area (Å²) in [6.07, 6.45) is 8.12. The van der Waals surface area contributed by atoms with E-state index in [0.29, 0.717) is 11.1 Å². The Morgan fingerprint density at radius 1 is 1.17 bits per heavy atom. The van der Waals surface area contributed by atoms with Gasteiger partial charge in [0.2, 0.25) is 0 Å². The summed E-state index contributed by atoms with van der Waals surface area (Å²) in [6.45, 7) is 2.69. The summed E-state index contributed by atoms with van der Waals surface area (Å²) in [4.78, 5) is 12.2. The third-order valence-corrected chi connectivity index (χ3v) is 6.19. The highest BCUT2D eigenvalue weighted by Crippen LogP contribution is 2.59. The molecule has 124 valence electrons. The molecule has 4 fully saturated rings. The number of urea groups is 1. The van der Waals surface area contributed by atoms with Crippen LogP contribution in [0.4, 0.5) is 10.5 Å². The van der Waals surface area contributed by atoms with E-state index in [1.54, 1.807) is 12.1 Å². The van der Waals surface area contributed by atoms with Crippen molar-refractivity contribution in [1.29, 1.82) is 0 Å². The zero-order valence-corrected chi connectivity index (χ0v) is 13.8. The van der Waals surface area contributed by atoms with Crippen LogP contribution >= 0.6 is 0 Å². The first kappa shape index (κ1) is 14.9. The van der Waals surface area contributed by atoms with E-state index in [4.69, 9.17) is 0 Å². The van der Waals surface area contributed by atoms with Gasteiger partial charge in [-0.25, -0.2) is 4.79 Å². The van der Waals surface area contributed by atoms with Crippen molar-refractivity contribution in [2.45, 2.75) is 45.4 Å². The van der Waals surface area contributed by atoms with Crippen molar-refractivity contribution in [3.05, 3.63) is 23.8 Å². The lowest BCUT2D eigenvalue weighted by molar-refractivity contribution is -0.0496. The number of aromatic hydroxyl groups is 1. The number of rotatable bonds is 3. The van der Waals surface area contributed by atoms with E-state index in [9.17, 15) is 9.90 Å². The molecule has 4 heteroatoms. The lowest BCUT2D eigenvalue weighted by Crippen LogP contribution is -2.51. The Kier molecular flexibility index (Phi) is 3.51. The number of amides is 2. The second-order valence-corrected chi connectivity index (χ2v) is 8.25. The third-order valence-electron chi connectivity index (χ3n) is 6.19. The zero-order chi connectivity index (χ0) is 16.0. The number of nitrogens with one attached hydrogen (secondary N) is 2. The number of hydrogen-bond acceptors (Lipinski definition) is 2. The van der Waals surface area contributed by atoms with Crippen molar-refractivity contribution >= 4 is 11.7 Å². The average Bonchev–Trinajstić information content (AvgIpc) is 2.47. The van der Waals surface area contributed by atoms with Gasteiger partial charge in [-0.15, -0.1) is 0 Å². The minimum absolute atomic E-state index is 0.120. The molecule has 0 saturated heterocycles. The summed E-state index contributed by atoms with van der Waals surface area (Å²) >= 11 is 0. The monoisotopic (exact) mass is 314 g/mol. The van der Waals surface area contributed by atoms with E-state index in [2.05, 4.69) is 10.6 Å². The Bertz CT molecular complexity index is 591. The Labute approximate surface area is 137 Å². The fourth-order valence-electron chi connectivity index (χ4n) is 5.69. The van der Waals surface area contributed by atoms with E-state index in [1.807, 2.05) is 13.0 Å². The highest BCUT2D eigenvalue weighted by atomic mass is 16.3. The van der Waals surface area contributed by atoms with Gasteiger partial charge < -0.3 is 15.7 Å². The summed E-state index contributed by atoms with van der Waals surface area (Å²) in [5, 5.41) is 15.7. The van der Waals surface area contributed by atoms with Crippen molar-refractivity contribution < 1.29 is 9.90 Å². The van der Waals surface area contributed by atoms with Gasteiger partial charge in [0.15, 0.2) is 0 Å². The van der Waals surface area contributed by atoms with Gasteiger partial charge in [-0.05, 0) is 86.3 Å². The van der Waals surface area contributed by atoms with Gasteiger partial charge in [-0.2, -0.15) is 0 Å². The fraction of sp³-hybridized carbons (Fsp3) is 0.632. The molecule has 0 radical (unpaired) electrons. The molecular weight excluding hydrogens is 288 g/mol. The van der Waals surface area contributed by atoms with Crippen molar-refractivity contribution in [1.82, 2.24) is 5.32 Å². The molecule has 4 saturated carbocycles. The lowest BCUT2D eigenvalue weighted by atomic mass is 9.49. The summed E-state index contributed by atoms with van der Waals surface area (Å²) < 4.78 is 0. The van der Waals surface area contributed by atoms with Crippen LogP contribution in [0, 0.1) is 30.1 Å². The maximum Gasteiger partial charge on any atom is 0.319 e. The first-order valence-electron chi connectivity index (χ1n) is 8.86. The minimum atomic E-state index is -0.208. The summed E-state index contributed by atoms with van der Waals surface area (Å²) in [7, 11) is 0. The highest BCUT2D eigenvalue weighted by molar-refractivity contribution is 5.90. The molecule has 4 aliphatic carbocycles. The normalized spacial score (nSPS) is 34.4. The van der Waals surface area contributed by atoms with Crippen molar-refractivity contribution in [3.8, 4) is 5.75 Å². The molecular formula is C19H26N2O2. The van der Waals surface area contributed by atoms with Gasteiger partial charge in [0.05, 0.1) is 5.69 Å². The van der Waals surface area contributed by atoms with Crippen LogP contribution in [0.15, 0.2) is 18.2 Å². The van der Waals surface area contributed by atoms with Gasteiger partial charge in [-0.3, -0.25) is 0 Å². The second-order valence-electron chi connectivity index (χ2n) is 8.25. The first-order valence-corrected chi connectivity index (χ1v) is 8.86. The quantitative estimate of drug-likeness (QED) is 0.737. The number of phenols is 1. The smallest absolute Gasteiger partial charge is 0.319 e. The van der Waals surface area contributed by atoms with Crippen LogP contribution in [-0.4, -0.2) is 17.7 Å². The standard InChI is InChI=1S/C19H26N2O2/c1-12-2-3-16(17(22)4-12)21-18(23)20-11-19-8-13-5-14(9-19)7-15(6-13)10-19/h2-4,13-15,22H,5-11H2,1H3,(H2,20,21,23). The summed E-state index contributed by atoms with van der Waals surface area (Å²) in [5.74, 6) is 2.81. The zero-order valence-electron chi connectivity index (χ0n) is 13.8. The lowest BCUT2D eigenvalue weighted by Gasteiger charge is -2.56. The molecule has 4 aliphatic rings. The Morgan fingerprint density at radius 3 is 2.35 bits per heavy atom. The molecule has 0 atom stereocenters. The van der Waals surface area contributed by atoms with Crippen LogP contribution in [0.2, 0.25) is 0 Å². The molecule has 2 amide bonds. The second kappa shape index (κ2) is 5.43. The molecule has 3 N–H and O–H groups in total. The molecule has 1 aromatic carbocycles. The van der Waals surface area contributed by atoms with E-state index >= 15 is 0 Å². The summed E-state index contributed by atoms with van der Waals surface area (Å²) in [5.41, 5.74) is 1.78. The molecule has 4 bridgehead atoms. The molecule has 1 aromatic rings. The topological polar surface area (TPSA) is 61.4 Å². The number of anilines is 1. The van der Waals surface area contributed by atoms with Gasteiger partial charge in [0.25, 0.3) is 0 Å². The minimum Gasteiger partial charge on any atom is -0.506 e. The van der Waals surface area contributed by atoms with Crippen LogP contribution in [0.3, 0.4) is 0 Å². The molecule has 0 aliphatic heterocycles. The average molecular weight is 314 g/mol. The number of carbonyl (C=O) groups excluding carboxylic acids is 1. The molecule has 0 unspecified atom stereocenters. The summed E-state index contributed by atoms with van der Waals surface area (Å²) in [6, 6.07) is 5.08. The third kappa shape index (κ3) is 2.91. The maximum absolute atomic E-state index is 12.2. The van der Waals surface area contributed by atoms with E-state index in [1.165, 1.54) is 38.5 Å². The Hall–Kier alpha value is -1.71. The largest absolute Gasteiger partial charge is 0.506 e. The number of aryl methyl sites for hydroxylation is 1. The van der Waals surface area contributed by atoms with Crippen LogP contribution < -0.4 is 10.6 Å². The fourth-order valence-corrected chi connectivity index (χ4v) is 5.69. The van der Waals surface area contributed by atoms with E-state index < -0.39 is 0 Å². The van der Waals surface area contributed by atoms with Gasteiger partial charge >= 0.3 is 6.03 Å². The first-order chi connectivity index (χ1) is 11.0. The highest BCUT2D eigenvalue weighted by Gasteiger charge is 2.50. The SMILES string of the molecule is Cc1ccc(NC(=O)NCC23CC4CC(CC(C4)C2)C3)c(O)c1. The van der Waals surface area contributed by atoms with Crippen molar-refractivity contribution in [3.63, 3.8) is 0 Å². The molecule has 0 aromatic heterocycles. The predicted molar refractivity (Wildman–Crippen MR) is 90.5 cm³/mol. The van der Waals surface area contributed by atoms with Gasteiger partial charge in [-0.1, -0.05) is 6.07 Å². The van der Waals surface area contributed by atoms with Crippen LogP contribution in [0.5, 0.6) is 5.75 Å². The number of benzene rings is 1. The Morgan fingerprint density at radius 2 is 1.78 bits per heavy atom. The van der Waals surface area contributed by atoms with Gasteiger partial charge in [0, 0.05) is 6.54 Å². The Balaban J connectivity index is 1.36. The molecule has 5 rings (SSSR count). The maximum atomic E-state index is 12.2. The predicted octanol–water partition coefficient (Wildman–Crippen LogP) is 4.04. The number of hydrogen-bond donors (Lipinski definition) is 3. The van der Waals surface area contributed by atoms with Crippen LogP contribution in [-0.2, 0) is 0 Å². The van der Waals surface area contributed by atoms with E-state index in [-0.39, 0.29) is 11.8 Å². The van der Waals surface area contributed by atoms with Crippen LogP contribution in [0.25, 0.3) is 0 Å². The number of carbonyl (C=O) groups is 1. The van der Waals surface area contributed by atoms with Crippen LogP contribution in [0.1, 0.15) is 44.1 Å². The van der Waals surface area contributed by atoms with E-state index in [0.717, 1.165) is 29.9 Å². The molecule has 0 heterocycles. The molecule has 23 heavy (non-hydrogen) atoms. The number of phenolic OH excluding ortho intramolecular Hbond substituents is 1. The molecule has 0 spiro atoms.